The number of benzene rings is 1. The van der Waals surface area contributed by atoms with Gasteiger partial charge < -0.3 is 15.5 Å². The van der Waals surface area contributed by atoms with Crippen LogP contribution in [-0.4, -0.2) is 25.2 Å². The van der Waals surface area contributed by atoms with Crippen molar-refractivity contribution in [3.05, 3.63) is 29.3 Å². The number of hydrogen-bond acceptors (Lipinski definition) is 4. The molecule has 1 aliphatic carbocycles. The Bertz CT molecular complexity index is 540. The zero-order valence-corrected chi connectivity index (χ0v) is 12.2. The number of hydrazine groups is 1. The third-order valence-electron chi connectivity index (χ3n) is 4.22. The highest BCUT2D eigenvalue weighted by Crippen LogP contribution is 2.42. The molecule has 5 nitrogen and oxygen atoms in total. The summed E-state index contributed by atoms with van der Waals surface area (Å²) in [5.41, 5.74) is 1.15. The molecule has 1 aromatic rings. The molecule has 1 aliphatic rings. The molecule has 0 saturated heterocycles. The number of nitrogen functional groups attached to an aromatic ring is 1. The van der Waals surface area contributed by atoms with Gasteiger partial charge in [-0.3, -0.25) is 10.6 Å². The number of hydrogen-bond donors (Lipinski definition) is 3. The first-order chi connectivity index (χ1) is 9.81. The fourth-order valence-electron chi connectivity index (χ4n) is 2.61. The summed E-state index contributed by atoms with van der Waals surface area (Å²) in [5.74, 6) is 2.66. The largest absolute Gasteiger partial charge is 0.381 e. The topological polar surface area (TPSA) is 76.4 Å². The van der Waals surface area contributed by atoms with E-state index in [2.05, 4.69) is 5.32 Å². The molecular formula is C14H19F2N3O2. The fourth-order valence-corrected chi connectivity index (χ4v) is 2.61. The Labute approximate surface area is 121 Å². The number of halogens is 2. The van der Waals surface area contributed by atoms with Gasteiger partial charge in [0, 0.05) is 24.1 Å². The molecule has 0 bridgehead atoms. The second-order valence-corrected chi connectivity index (χ2v) is 5.77. The second-order valence-electron chi connectivity index (χ2n) is 5.77. The number of carbonyl (C=O) groups excluding carboxylic acids is 1. The molecule has 1 saturated carbocycles. The van der Waals surface area contributed by atoms with Gasteiger partial charge in [-0.25, -0.2) is 8.78 Å². The van der Waals surface area contributed by atoms with Crippen molar-refractivity contribution in [1.82, 2.24) is 5.32 Å². The maximum absolute atomic E-state index is 13.6. The quantitative estimate of drug-likeness (QED) is 0.585. The number of amides is 1. The summed E-state index contributed by atoms with van der Waals surface area (Å²) in [6.07, 6.45) is 0.725. The smallest absolute Gasteiger partial charge is 0.251 e. The Balaban J connectivity index is 2.12. The number of rotatable bonds is 4. The van der Waals surface area contributed by atoms with Gasteiger partial charge in [-0.15, -0.1) is 0 Å². The Morgan fingerprint density at radius 2 is 1.95 bits per heavy atom. The van der Waals surface area contributed by atoms with Gasteiger partial charge in [0.05, 0.1) is 6.10 Å². The SMILES string of the molecule is COC1CC(NC(=O)c2cc(F)c(NN)c(F)c2)C1(C)C. The van der Waals surface area contributed by atoms with Crippen LogP contribution in [0.5, 0.6) is 0 Å². The molecule has 0 aromatic heterocycles. The third kappa shape index (κ3) is 2.71. The number of nitrogens with one attached hydrogen (secondary N) is 2. The van der Waals surface area contributed by atoms with Crippen molar-refractivity contribution in [2.75, 3.05) is 12.5 Å². The van der Waals surface area contributed by atoms with E-state index in [1.807, 2.05) is 19.3 Å². The molecule has 2 atom stereocenters. The summed E-state index contributed by atoms with van der Waals surface area (Å²) in [7, 11) is 1.62. The first-order valence-electron chi connectivity index (χ1n) is 6.60. The Morgan fingerprint density at radius 1 is 1.38 bits per heavy atom. The van der Waals surface area contributed by atoms with Crippen LogP contribution in [0.3, 0.4) is 0 Å². The van der Waals surface area contributed by atoms with Gasteiger partial charge in [0.2, 0.25) is 0 Å². The van der Waals surface area contributed by atoms with E-state index in [0.29, 0.717) is 6.42 Å². The molecule has 0 spiro atoms. The van der Waals surface area contributed by atoms with Gasteiger partial charge in [-0.1, -0.05) is 13.8 Å². The first kappa shape index (κ1) is 15.7. The normalized spacial score (nSPS) is 23.3. The highest BCUT2D eigenvalue weighted by atomic mass is 19.1. The fraction of sp³-hybridized carbons (Fsp3) is 0.500. The Kier molecular flexibility index (Phi) is 4.15. The van der Waals surface area contributed by atoms with Crippen LogP contribution in [0.2, 0.25) is 0 Å². The van der Waals surface area contributed by atoms with Crippen LogP contribution < -0.4 is 16.6 Å². The molecule has 1 aromatic carbocycles. The zero-order valence-electron chi connectivity index (χ0n) is 12.2. The molecule has 0 heterocycles. The molecule has 0 radical (unpaired) electrons. The second kappa shape index (κ2) is 5.57. The molecule has 2 unspecified atom stereocenters. The van der Waals surface area contributed by atoms with E-state index >= 15 is 0 Å². The van der Waals surface area contributed by atoms with Crippen molar-refractivity contribution < 1.29 is 18.3 Å². The number of anilines is 1. The molecule has 116 valence electrons. The van der Waals surface area contributed by atoms with Crippen LogP contribution in [0.4, 0.5) is 14.5 Å². The lowest BCUT2D eigenvalue weighted by Gasteiger charge is -2.51. The molecule has 0 aliphatic heterocycles. The Morgan fingerprint density at radius 3 is 2.38 bits per heavy atom. The van der Waals surface area contributed by atoms with E-state index in [1.165, 1.54) is 0 Å². The minimum Gasteiger partial charge on any atom is -0.381 e. The van der Waals surface area contributed by atoms with Gasteiger partial charge in [-0.05, 0) is 18.6 Å². The van der Waals surface area contributed by atoms with Crippen molar-refractivity contribution in [2.45, 2.75) is 32.4 Å². The summed E-state index contributed by atoms with van der Waals surface area (Å²) in [4.78, 5) is 12.1. The van der Waals surface area contributed by atoms with Gasteiger partial charge in [0.25, 0.3) is 5.91 Å². The van der Waals surface area contributed by atoms with Gasteiger partial charge in [0.15, 0.2) is 11.6 Å². The molecular weight excluding hydrogens is 280 g/mol. The highest BCUT2D eigenvalue weighted by molar-refractivity contribution is 5.95. The van der Waals surface area contributed by atoms with Gasteiger partial charge in [0.1, 0.15) is 5.69 Å². The summed E-state index contributed by atoms with van der Waals surface area (Å²) >= 11 is 0. The summed E-state index contributed by atoms with van der Waals surface area (Å²) in [6, 6.07) is 1.80. The van der Waals surface area contributed by atoms with Gasteiger partial charge in [-0.2, -0.15) is 0 Å². The maximum atomic E-state index is 13.6. The standard InChI is InChI=1S/C14H19F2N3O2/c1-14(2)10(6-11(14)21-3)18-13(20)7-4-8(15)12(19-17)9(16)5-7/h4-5,10-11,19H,6,17H2,1-3H3,(H,18,20). The predicted molar refractivity (Wildman–Crippen MR) is 74.6 cm³/mol. The van der Waals surface area contributed by atoms with Crippen molar-refractivity contribution in [3.8, 4) is 0 Å². The van der Waals surface area contributed by atoms with Crippen LogP contribution in [0, 0.1) is 17.0 Å². The molecule has 2 rings (SSSR count). The van der Waals surface area contributed by atoms with E-state index in [0.717, 1.165) is 12.1 Å². The third-order valence-corrected chi connectivity index (χ3v) is 4.22. The molecule has 21 heavy (non-hydrogen) atoms. The predicted octanol–water partition coefficient (Wildman–Crippen LogP) is 1.79. The van der Waals surface area contributed by atoms with E-state index < -0.39 is 23.2 Å². The van der Waals surface area contributed by atoms with E-state index in [-0.39, 0.29) is 23.1 Å². The molecule has 7 heteroatoms. The summed E-state index contributed by atoms with van der Waals surface area (Å²) < 4.78 is 32.5. The number of methoxy groups -OCH3 is 1. The minimum absolute atomic E-state index is 0.0556. The maximum Gasteiger partial charge on any atom is 0.251 e. The van der Waals surface area contributed by atoms with Crippen molar-refractivity contribution in [1.29, 1.82) is 0 Å². The first-order valence-corrected chi connectivity index (χ1v) is 6.60. The minimum atomic E-state index is -0.912. The molecule has 1 fully saturated rings. The molecule has 1 amide bonds. The average Bonchev–Trinajstić information content (AvgIpc) is 2.42. The van der Waals surface area contributed by atoms with Crippen LogP contribution in [-0.2, 0) is 4.74 Å². The van der Waals surface area contributed by atoms with Crippen LogP contribution in [0.1, 0.15) is 30.6 Å². The van der Waals surface area contributed by atoms with E-state index in [1.54, 1.807) is 7.11 Å². The lowest BCUT2D eigenvalue weighted by Crippen LogP contribution is -2.61. The van der Waals surface area contributed by atoms with Gasteiger partial charge >= 0.3 is 0 Å². The van der Waals surface area contributed by atoms with Crippen LogP contribution >= 0.6 is 0 Å². The van der Waals surface area contributed by atoms with Crippen molar-refractivity contribution >= 4 is 11.6 Å². The highest BCUT2D eigenvalue weighted by Gasteiger charge is 2.49. The number of nitrogens with two attached hydrogens (primary N) is 1. The summed E-state index contributed by atoms with van der Waals surface area (Å²) in [5, 5.41) is 2.78. The Hall–Kier alpha value is -1.73. The van der Waals surface area contributed by atoms with Crippen molar-refractivity contribution in [2.24, 2.45) is 11.3 Å². The molecule has 4 N–H and O–H groups in total. The van der Waals surface area contributed by atoms with E-state index in [4.69, 9.17) is 10.6 Å². The number of ether oxygens (including phenoxy) is 1. The van der Waals surface area contributed by atoms with Crippen LogP contribution in [0.15, 0.2) is 12.1 Å². The zero-order chi connectivity index (χ0) is 15.8. The lowest BCUT2D eigenvalue weighted by atomic mass is 9.64. The monoisotopic (exact) mass is 299 g/mol. The van der Waals surface area contributed by atoms with Crippen LogP contribution in [0.25, 0.3) is 0 Å². The average molecular weight is 299 g/mol. The van der Waals surface area contributed by atoms with Crippen molar-refractivity contribution in [3.63, 3.8) is 0 Å². The lowest BCUT2D eigenvalue weighted by molar-refractivity contribution is -0.0942. The van der Waals surface area contributed by atoms with E-state index in [9.17, 15) is 13.6 Å². The number of carbonyl (C=O) groups is 1. The summed E-state index contributed by atoms with van der Waals surface area (Å²) in [6.45, 7) is 3.94.